The van der Waals surface area contributed by atoms with Gasteiger partial charge in [0, 0.05) is 16.0 Å². The van der Waals surface area contributed by atoms with Crippen molar-refractivity contribution < 1.29 is 14.7 Å². The summed E-state index contributed by atoms with van der Waals surface area (Å²) < 4.78 is 0. The maximum absolute atomic E-state index is 12.4. The monoisotopic (exact) mass is 362 g/mol. The molecular formula is C17H15ClN2O3S. The molecule has 1 aromatic carbocycles. The first kappa shape index (κ1) is 16.7. The summed E-state index contributed by atoms with van der Waals surface area (Å²) in [5.41, 5.74) is 1.47. The van der Waals surface area contributed by atoms with Crippen molar-refractivity contribution in [2.24, 2.45) is 11.8 Å². The lowest BCUT2D eigenvalue weighted by atomic mass is 9.82. The van der Waals surface area contributed by atoms with Gasteiger partial charge in [0.2, 0.25) is 5.91 Å². The van der Waals surface area contributed by atoms with E-state index < -0.39 is 17.8 Å². The number of thiazole rings is 1. The van der Waals surface area contributed by atoms with E-state index in [4.69, 9.17) is 11.6 Å². The molecule has 0 unspecified atom stereocenters. The van der Waals surface area contributed by atoms with Crippen LogP contribution in [0.15, 0.2) is 41.8 Å². The van der Waals surface area contributed by atoms with Gasteiger partial charge in [-0.15, -0.1) is 11.3 Å². The van der Waals surface area contributed by atoms with Crippen LogP contribution in [-0.2, 0) is 9.59 Å². The second kappa shape index (κ2) is 7.15. The van der Waals surface area contributed by atoms with Crippen LogP contribution >= 0.6 is 22.9 Å². The molecule has 1 aromatic heterocycles. The Kier molecular flexibility index (Phi) is 4.97. The lowest BCUT2D eigenvalue weighted by Gasteiger charge is -2.23. The normalized spacial score (nSPS) is 19.9. The van der Waals surface area contributed by atoms with Gasteiger partial charge in [0.1, 0.15) is 0 Å². The number of hydrogen-bond donors (Lipinski definition) is 2. The molecule has 0 bridgehead atoms. The van der Waals surface area contributed by atoms with E-state index in [0.717, 1.165) is 5.56 Å². The molecule has 124 valence electrons. The van der Waals surface area contributed by atoms with E-state index in [-0.39, 0.29) is 5.91 Å². The van der Waals surface area contributed by atoms with Crippen molar-refractivity contribution in [1.82, 2.24) is 4.98 Å². The van der Waals surface area contributed by atoms with Crippen LogP contribution in [0.2, 0.25) is 5.02 Å². The third kappa shape index (κ3) is 3.49. The van der Waals surface area contributed by atoms with Gasteiger partial charge < -0.3 is 10.4 Å². The Bertz CT molecular complexity index is 803. The molecular weight excluding hydrogens is 348 g/mol. The SMILES string of the molecule is O=C(O)[C@H]1CC=CC[C@H]1C(=O)Nc1nc(-c2ccccc2Cl)cs1. The van der Waals surface area contributed by atoms with Crippen molar-refractivity contribution in [3.8, 4) is 11.3 Å². The summed E-state index contributed by atoms with van der Waals surface area (Å²) in [5.74, 6) is -2.54. The minimum atomic E-state index is -0.949. The summed E-state index contributed by atoms with van der Waals surface area (Å²) in [6, 6.07) is 7.34. The van der Waals surface area contributed by atoms with Crippen LogP contribution in [0.4, 0.5) is 5.13 Å². The Morgan fingerprint density at radius 2 is 1.92 bits per heavy atom. The second-order valence-corrected chi connectivity index (χ2v) is 6.77. The molecule has 2 N–H and O–H groups in total. The Hall–Kier alpha value is -2.18. The molecule has 0 radical (unpaired) electrons. The molecule has 0 spiro atoms. The average Bonchev–Trinajstić information content (AvgIpc) is 3.03. The number of aliphatic carboxylic acids is 1. The van der Waals surface area contributed by atoms with Gasteiger partial charge in [-0.1, -0.05) is 42.0 Å². The zero-order chi connectivity index (χ0) is 17.1. The number of allylic oxidation sites excluding steroid dienone is 2. The van der Waals surface area contributed by atoms with Gasteiger partial charge in [-0.3, -0.25) is 9.59 Å². The van der Waals surface area contributed by atoms with Gasteiger partial charge in [-0.25, -0.2) is 4.98 Å². The van der Waals surface area contributed by atoms with E-state index in [1.54, 1.807) is 6.07 Å². The van der Waals surface area contributed by atoms with Gasteiger partial charge in [-0.05, 0) is 18.9 Å². The summed E-state index contributed by atoms with van der Waals surface area (Å²) >= 11 is 7.44. The number of hydrogen-bond acceptors (Lipinski definition) is 4. The second-order valence-electron chi connectivity index (χ2n) is 5.50. The Labute approximate surface area is 148 Å². The molecule has 1 amide bonds. The Morgan fingerprint density at radius 3 is 2.62 bits per heavy atom. The number of benzene rings is 1. The molecule has 1 aliphatic carbocycles. The van der Waals surface area contributed by atoms with Crippen molar-refractivity contribution in [2.75, 3.05) is 5.32 Å². The molecule has 24 heavy (non-hydrogen) atoms. The molecule has 1 aliphatic rings. The highest BCUT2D eigenvalue weighted by atomic mass is 35.5. The number of carboxylic acids is 1. The van der Waals surface area contributed by atoms with Crippen LogP contribution < -0.4 is 5.32 Å². The van der Waals surface area contributed by atoms with E-state index in [2.05, 4.69) is 10.3 Å². The molecule has 2 atom stereocenters. The van der Waals surface area contributed by atoms with E-state index in [1.165, 1.54) is 11.3 Å². The zero-order valence-electron chi connectivity index (χ0n) is 12.6. The summed E-state index contributed by atoms with van der Waals surface area (Å²) in [4.78, 5) is 28.1. The maximum atomic E-state index is 12.4. The zero-order valence-corrected chi connectivity index (χ0v) is 14.2. The number of nitrogens with one attached hydrogen (secondary N) is 1. The third-order valence-electron chi connectivity index (χ3n) is 3.97. The number of carbonyl (C=O) groups is 2. The molecule has 0 saturated carbocycles. The Balaban J connectivity index is 1.75. The number of rotatable bonds is 4. The molecule has 0 saturated heterocycles. The first-order valence-electron chi connectivity index (χ1n) is 7.45. The van der Waals surface area contributed by atoms with Crippen LogP contribution in [0.1, 0.15) is 12.8 Å². The van der Waals surface area contributed by atoms with E-state index in [0.29, 0.717) is 28.7 Å². The lowest BCUT2D eigenvalue weighted by Crippen LogP contribution is -2.34. The van der Waals surface area contributed by atoms with Crippen LogP contribution in [-0.4, -0.2) is 22.0 Å². The molecule has 5 nitrogen and oxygen atoms in total. The largest absolute Gasteiger partial charge is 0.481 e. The van der Waals surface area contributed by atoms with Gasteiger partial charge in [0.05, 0.1) is 17.5 Å². The van der Waals surface area contributed by atoms with E-state index in [1.807, 2.05) is 35.7 Å². The minimum absolute atomic E-state index is 0.313. The van der Waals surface area contributed by atoms with Gasteiger partial charge in [0.25, 0.3) is 0 Å². The highest BCUT2D eigenvalue weighted by Crippen LogP contribution is 2.32. The van der Waals surface area contributed by atoms with E-state index >= 15 is 0 Å². The number of aromatic nitrogens is 1. The number of carboxylic acid groups (broad SMARTS) is 1. The first-order chi connectivity index (χ1) is 11.6. The van der Waals surface area contributed by atoms with Crippen molar-refractivity contribution in [3.63, 3.8) is 0 Å². The van der Waals surface area contributed by atoms with Crippen LogP contribution in [0.25, 0.3) is 11.3 Å². The van der Waals surface area contributed by atoms with Crippen molar-refractivity contribution in [1.29, 1.82) is 0 Å². The van der Waals surface area contributed by atoms with Crippen molar-refractivity contribution >= 4 is 39.9 Å². The van der Waals surface area contributed by atoms with Gasteiger partial charge in [0.15, 0.2) is 5.13 Å². The summed E-state index contributed by atoms with van der Waals surface area (Å²) in [7, 11) is 0. The number of anilines is 1. The number of halogens is 1. The molecule has 1 heterocycles. The van der Waals surface area contributed by atoms with E-state index in [9.17, 15) is 14.7 Å². The molecule has 3 rings (SSSR count). The smallest absolute Gasteiger partial charge is 0.307 e. The number of amides is 1. The number of carbonyl (C=O) groups excluding carboxylic acids is 1. The Morgan fingerprint density at radius 1 is 1.21 bits per heavy atom. The standard InChI is InChI=1S/C17H15ClN2O3S/c18-13-8-4-3-7-12(13)14-9-24-17(19-14)20-15(21)10-5-1-2-6-11(10)16(22)23/h1-4,7-11H,5-6H2,(H,22,23)(H,19,20,21)/t10-,11+/m1/s1. The maximum Gasteiger partial charge on any atom is 0.307 e. The van der Waals surface area contributed by atoms with Crippen LogP contribution in [0.3, 0.4) is 0 Å². The molecule has 2 aromatic rings. The highest BCUT2D eigenvalue weighted by Gasteiger charge is 2.34. The predicted octanol–water partition coefficient (Wildman–Crippen LogP) is 4.07. The lowest BCUT2D eigenvalue weighted by molar-refractivity contribution is -0.146. The first-order valence-corrected chi connectivity index (χ1v) is 8.71. The van der Waals surface area contributed by atoms with Gasteiger partial charge in [-0.2, -0.15) is 0 Å². The fourth-order valence-corrected chi connectivity index (χ4v) is 3.64. The quantitative estimate of drug-likeness (QED) is 0.803. The predicted molar refractivity (Wildman–Crippen MR) is 94.2 cm³/mol. The fraction of sp³-hybridized carbons (Fsp3) is 0.235. The van der Waals surface area contributed by atoms with Crippen LogP contribution in [0.5, 0.6) is 0 Å². The van der Waals surface area contributed by atoms with Crippen molar-refractivity contribution in [3.05, 3.63) is 46.8 Å². The summed E-state index contributed by atoms with van der Waals surface area (Å²) in [6.07, 6.45) is 4.45. The van der Waals surface area contributed by atoms with Crippen molar-refractivity contribution in [2.45, 2.75) is 12.8 Å². The van der Waals surface area contributed by atoms with Gasteiger partial charge >= 0.3 is 5.97 Å². The molecule has 7 heteroatoms. The fourth-order valence-electron chi connectivity index (χ4n) is 2.70. The molecule has 0 fully saturated rings. The topological polar surface area (TPSA) is 79.3 Å². The molecule has 0 aliphatic heterocycles. The van der Waals surface area contributed by atoms with Crippen LogP contribution in [0, 0.1) is 11.8 Å². The third-order valence-corrected chi connectivity index (χ3v) is 5.06. The summed E-state index contributed by atoms with van der Waals surface area (Å²) in [5, 5.41) is 14.8. The summed E-state index contributed by atoms with van der Waals surface area (Å²) in [6.45, 7) is 0. The minimum Gasteiger partial charge on any atom is -0.481 e. The number of nitrogens with zero attached hydrogens (tertiary/aromatic N) is 1. The average molecular weight is 363 g/mol. The highest BCUT2D eigenvalue weighted by molar-refractivity contribution is 7.14.